The van der Waals surface area contributed by atoms with Gasteiger partial charge in [0, 0.05) is 56.3 Å². The summed E-state index contributed by atoms with van der Waals surface area (Å²) in [5, 5.41) is 10.4. The van der Waals surface area contributed by atoms with E-state index in [1.54, 1.807) is 16.8 Å². The van der Waals surface area contributed by atoms with Crippen molar-refractivity contribution in [2.45, 2.75) is 51.4 Å². The van der Waals surface area contributed by atoms with Gasteiger partial charge in [0.15, 0.2) is 18.2 Å². The number of aryl methyl sites for hydroxylation is 1. The average Bonchev–Trinajstić information content (AvgIpc) is 2.94. The Hall–Kier alpha value is -3.41. The summed E-state index contributed by atoms with van der Waals surface area (Å²) in [4.78, 5) is 36.0. The highest BCUT2D eigenvalue weighted by atomic mass is 35.5. The molecule has 12 heteroatoms. The van der Waals surface area contributed by atoms with Crippen LogP contribution in [0.1, 0.15) is 32.6 Å². The molecular weight excluding hydrogens is 546 g/mol. The minimum absolute atomic E-state index is 0.117. The predicted octanol–water partition coefficient (Wildman–Crippen LogP) is 3.07. The lowest BCUT2D eigenvalue weighted by atomic mass is 9.63. The van der Waals surface area contributed by atoms with Gasteiger partial charge in [-0.15, -0.1) is 0 Å². The second-order valence-electron chi connectivity index (χ2n) is 11.2. The van der Waals surface area contributed by atoms with Crippen molar-refractivity contribution in [1.82, 2.24) is 25.2 Å². The summed E-state index contributed by atoms with van der Waals surface area (Å²) >= 11 is 6.49. The van der Waals surface area contributed by atoms with Crippen molar-refractivity contribution in [3.05, 3.63) is 45.8 Å². The normalized spacial score (nSPS) is 18.7. The number of benzene rings is 1. The molecule has 3 N–H and O–H groups in total. The van der Waals surface area contributed by atoms with Gasteiger partial charge in [-0.1, -0.05) is 11.6 Å². The number of pyridine rings is 1. The van der Waals surface area contributed by atoms with Gasteiger partial charge in [-0.25, -0.2) is 4.98 Å². The number of piperidine rings is 1. The molecule has 3 fully saturated rings. The summed E-state index contributed by atoms with van der Waals surface area (Å²) in [6.45, 7) is 6.05. The molecule has 1 spiro atoms. The zero-order valence-corrected chi connectivity index (χ0v) is 24.2. The fraction of sp³-hybridized carbons (Fsp3) is 0.517. The number of halogens is 1. The number of hydrogen-bond acceptors (Lipinski definition) is 9. The van der Waals surface area contributed by atoms with Crippen LogP contribution in [0.5, 0.6) is 5.75 Å². The number of fused-ring (bicyclic) bond motifs is 1. The topological polar surface area (TPSA) is 123 Å². The Morgan fingerprint density at radius 1 is 1.20 bits per heavy atom. The Morgan fingerprint density at radius 3 is 2.66 bits per heavy atom. The van der Waals surface area contributed by atoms with Crippen LogP contribution in [0.4, 0.5) is 17.5 Å². The number of carbonyl (C=O) groups is 1. The van der Waals surface area contributed by atoms with Crippen LogP contribution in [-0.2, 0) is 16.1 Å². The number of aromatic nitrogens is 3. The van der Waals surface area contributed by atoms with Gasteiger partial charge in [-0.2, -0.15) is 4.98 Å². The number of ether oxygens (including phenoxy) is 2. The van der Waals surface area contributed by atoms with Gasteiger partial charge in [0.2, 0.25) is 5.95 Å². The highest BCUT2D eigenvalue weighted by molar-refractivity contribution is 6.32. The van der Waals surface area contributed by atoms with Crippen LogP contribution in [0.2, 0.25) is 5.02 Å². The van der Waals surface area contributed by atoms with Gasteiger partial charge in [-0.05, 0) is 56.9 Å². The summed E-state index contributed by atoms with van der Waals surface area (Å²) in [6, 6.07) is 7.31. The molecule has 11 nitrogen and oxygen atoms in total. The third-order valence-corrected chi connectivity index (χ3v) is 8.72. The Bertz CT molecular complexity index is 1490. The molecule has 1 aromatic carbocycles. The molecular formula is C29H36ClN7O4. The van der Waals surface area contributed by atoms with Crippen LogP contribution in [-0.4, -0.2) is 72.5 Å². The lowest BCUT2D eigenvalue weighted by Gasteiger charge is -2.54. The Balaban J connectivity index is 1.13. The number of amides is 1. The molecule has 3 aromatic rings. The van der Waals surface area contributed by atoms with E-state index in [0.717, 1.165) is 55.6 Å². The van der Waals surface area contributed by atoms with Gasteiger partial charge in [-0.3, -0.25) is 9.59 Å². The first-order valence-corrected chi connectivity index (χ1v) is 14.7. The maximum atomic E-state index is 12.9. The largest absolute Gasteiger partial charge is 0.478 e. The van der Waals surface area contributed by atoms with E-state index in [9.17, 15) is 9.59 Å². The van der Waals surface area contributed by atoms with E-state index >= 15 is 0 Å². The van der Waals surface area contributed by atoms with Crippen molar-refractivity contribution < 1.29 is 14.3 Å². The second kappa shape index (κ2) is 11.5. The van der Waals surface area contributed by atoms with E-state index in [1.807, 2.05) is 25.1 Å². The third-order valence-electron chi connectivity index (χ3n) is 8.44. The van der Waals surface area contributed by atoms with E-state index in [2.05, 4.69) is 25.8 Å². The molecule has 1 aliphatic carbocycles. The van der Waals surface area contributed by atoms with Gasteiger partial charge >= 0.3 is 0 Å². The molecule has 1 amide bonds. The quantitative estimate of drug-likeness (QED) is 0.350. The summed E-state index contributed by atoms with van der Waals surface area (Å²) in [6.07, 6.45) is 6.58. The number of rotatable bonds is 9. The van der Waals surface area contributed by atoms with E-state index in [4.69, 9.17) is 26.1 Å². The monoisotopic (exact) mass is 581 g/mol. The smallest absolute Gasteiger partial charge is 0.293 e. The first-order chi connectivity index (χ1) is 19.9. The van der Waals surface area contributed by atoms with Crippen molar-refractivity contribution in [2.24, 2.45) is 5.41 Å². The van der Waals surface area contributed by atoms with Crippen molar-refractivity contribution in [1.29, 1.82) is 0 Å². The lowest BCUT2D eigenvalue weighted by Crippen LogP contribution is -2.62. The number of hydrogen-bond donors (Lipinski definition) is 3. The zero-order valence-electron chi connectivity index (χ0n) is 23.4. The Kier molecular flexibility index (Phi) is 7.76. The number of carbonyl (C=O) groups excluding carboxylic acids is 1. The van der Waals surface area contributed by atoms with Gasteiger partial charge in [0.1, 0.15) is 5.02 Å². The van der Waals surface area contributed by atoms with Crippen molar-refractivity contribution in [3.63, 3.8) is 0 Å². The molecule has 2 aliphatic heterocycles. The van der Waals surface area contributed by atoms with Crippen molar-refractivity contribution in [3.8, 4) is 5.75 Å². The molecule has 1 saturated carbocycles. The van der Waals surface area contributed by atoms with Crippen molar-refractivity contribution in [2.75, 3.05) is 50.1 Å². The number of likely N-dealkylation sites (N-methyl/N-ethyl adjacent to an activating group) is 1. The minimum Gasteiger partial charge on any atom is -0.478 e. The molecule has 3 aliphatic rings. The first-order valence-electron chi connectivity index (χ1n) is 14.3. The molecule has 0 unspecified atom stereocenters. The molecule has 0 bridgehead atoms. The Labute approximate surface area is 243 Å². The molecule has 6 rings (SSSR count). The fourth-order valence-electron chi connectivity index (χ4n) is 6.04. The van der Waals surface area contributed by atoms with Crippen LogP contribution in [0.15, 0.2) is 35.3 Å². The van der Waals surface area contributed by atoms with Crippen LogP contribution in [0.3, 0.4) is 0 Å². The number of anilines is 3. The second-order valence-corrected chi connectivity index (χ2v) is 11.6. The standard InChI is InChI=1S/C29H36ClN7O4/c1-3-37-23-5-4-19(10-18(23)11-24(27(37)39)40-15-25(38)31-2)34-26-22(30)14-33-28(35-26)36-8-6-20(7-9-36)41-21-12-29(13-21)16-32-17-29/h4-5,10-11,14,20-21,32H,3,6-9,12-13,15-17H2,1-2H3,(H,31,38)(H,33,34,35). The predicted molar refractivity (Wildman–Crippen MR) is 158 cm³/mol. The third kappa shape index (κ3) is 5.71. The zero-order chi connectivity index (χ0) is 28.6. The summed E-state index contributed by atoms with van der Waals surface area (Å²) in [5.41, 5.74) is 1.75. The van der Waals surface area contributed by atoms with Gasteiger partial charge in [0.25, 0.3) is 11.5 Å². The molecule has 41 heavy (non-hydrogen) atoms. The Morgan fingerprint density at radius 2 is 1.98 bits per heavy atom. The molecule has 0 atom stereocenters. The molecule has 2 aromatic heterocycles. The van der Waals surface area contributed by atoms with Gasteiger partial charge in [0.05, 0.1) is 23.9 Å². The fourth-order valence-corrected chi connectivity index (χ4v) is 6.18. The number of nitrogens with zero attached hydrogens (tertiary/aromatic N) is 4. The average molecular weight is 582 g/mol. The van der Waals surface area contributed by atoms with Gasteiger partial charge < -0.3 is 34.9 Å². The molecule has 4 heterocycles. The molecule has 218 valence electrons. The maximum Gasteiger partial charge on any atom is 0.293 e. The van der Waals surface area contributed by atoms with E-state index in [1.165, 1.54) is 19.9 Å². The highest BCUT2D eigenvalue weighted by Crippen LogP contribution is 2.46. The number of nitrogens with one attached hydrogen (secondary N) is 3. The summed E-state index contributed by atoms with van der Waals surface area (Å²) in [7, 11) is 1.52. The van der Waals surface area contributed by atoms with E-state index < -0.39 is 0 Å². The molecule has 0 radical (unpaired) electrons. The maximum absolute atomic E-state index is 12.9. The molecule has 2 saturated heterocycles. The lowest BCUT2D eigenvalue weighted by molar-refractivity contribution is -0.135. The summed E-state index contributed by atoms with van der Waals surface area (Å²) < 4.78 is 13.5. The summed E-state index contributed by atoms with van der Waals surface area (Å²) in [5.74, 6) is 0.936. The van der Waals surface area contributed by atoms with Crippen molar-refractivity contribution >= 4 is 45.9 Å². The SMILES string of the molecule is CCn1c(=O)c(OCC(=O)NC)cc2cc(Nc3nc(N4CCC(OC5CC6(CNC6)C5)CC4)ncc3Cl)ccc21. The first kappa shape index (κ1) is 27.7. The van der Waals surface area contributed by atoms with Crippen LogP contribution < -0.4 is 31.1 Å². The van der Waals surface area contributed by atoms with E-state index in [-0.39, 0.29) is 29.9 Å². The van der Waals surface area contributed by atoms with E-state index in [0.29, 0.717) is 34.9 Å². The highest BCUT2D eigenvalue weighted by Gasteiger charge is 2.49. The van der Waals surface area contributed by atoms with Crippen LogP contribution in [0, 0.1) is 5.41 Å². The minimum atomic E-state index is -0.313. The van der Waals surface area contributed by atoms with Crippen LogP contribution in [0.25, 0.3) is 10.9 Å². The van der Waals surface area contributed by atoms with Crippen LogP contribution >= 0.6 is 11.6 Å².